The van der Waals surface area contributed by atoms with Gasteiger partial charge in [-0.1, -0.05) is 36.5 Å². The number of benzene rings is 1. The molecule has 1 fully saturated rings. The second-order valence-electron chi connectivity index (χ2n) is 4.90. The molecule has 4 nitrogen and oxygen atoms in total. The average molecular weight is 272 g/mol. The third-order valence-electron chi connectivity index (χ3n) is 3.41. The molecule has 0 unspecified atom stereocenters. The molecule has 19 heavy (non-hydrogen) atoms. The molecule has 1 aromatic carbocycles. The van der Waals surface area contributed by atoms with Gasteiger partial charge in [-0.2, -0.15) is 5.10 Å². The van der Waals surface area contributed by atoms with Crippen LogP contribution < -0.4 is 10.6 Å². The van der Waals surface area contributed by atoms with Gasteiger partial charge in [0.2, 0.25) is 0 Å². The van der Waals surface area contributed by atoms with Crippen LogP contribution in [-0.4, -0.2) is 27.8 Å². The quantitative estimate of drug-likeness (QED) is 0.846. The molecule has 0 atom stereocenters. The minimum absolute atomic E-state index is 0.554. The Labute approximate surface area is 117 Å². The van der Waals surface area contributed by atoms with Crippen molar-refractivity contribution in [2.75, 3.05) is 11.4 Å². The van der Waals surface area contributed by atoms with E-state index < -0.39 is 0 Å². The molecule has 0 saturated heterocycles. The fourth-order valence-corrected chi connectivity index (χ4v) is 2.39. The summed E-state index contributed by atoms with van der Waals surface area (Å²) in [6.07, 6.45) is 4.94. The number of rotatable bonds is 5. The maximum atomic E-state index is 5.62. The van der Waals surface area contributed by atoms with E-state index in [1.54, 1.807) is 6.20 Å². The first-order chi connectivity index (χ1) is 9.25. The molecule has 5 heteroatoms. The largest absolute Gasteiger partial charge is 0.393 e. The van der Waals surface area contributed by atoms with Gasteiger partial charge in [-0.15, -0.1) is 5.10 Å². The van der Waals surface area contributed by atoms with E-state index in [0.29, 0.717) is 11.0 Å². The Morgan fingerprint density at radius 1 is 1.37 bits per heavy atom. The highest BCUT2D eigenvalue weighted by molar-refractivity contribution is 7.80. The second-order valence-corrected chi connectivity index (χ2v) is 5.42. The lowest BCUT2D eigenvalue weighted by Crippen LogP contribution is -2.30. The minimum atomic E-state index is 0.554. The van der Waals surface area contributed by atoms with Crippen LogP contribution in [0.25, 0.3) is 10.8 Å². The van der Waals surface area contributed by atoms with Gasteiger partial charge in [-0.3, -0.25) is 0 Å². The fraction of sp³-hybridized carbons (Fsp3) is 0.357. The van der Waals surface area contributed by atoms with Crippen LogP contribution in [0.15, 0.2) is 30.5 Å². The van der Waals surface area contributed by atoms with Crippen LogP contribution in [-0.2, 0) is 0 Å². The molecule has 0 amide bonds. The molecule has 0 bridgehead atoms. The molecular formula is C14H16N4S. The summed E-state index contributed by atoms with van der Waals surface area (Å²) in [4.78, 5) is 2.85. The molecule has 0 radical (unpaired) electrons. The van der Waals surface area contributed by atoms with Crippen LogP contribution in [0.4, 0.5) is 5.82 Å². The van der Waals surface area contributed by atoms with Crippen LogP contribution in [0.1, 0.15) is 19.3 Å². The number of nitrogens with zero attached hydrogens (tertiary/aromatic N) is 3. The topological polar surface area (TPSA) is 55.0 Å². The molecule has 0 spiro atoms. The zero-order valence-corrected chi connectivity index (χ0v) is 11.4. The van der Waals surface area contributed by atoms with Crippen LogP contribution >= 0.6 is 12.2 Å². The highest BCUT2D eigenvalue weighted by Crippen LogP contribution is 2.33. The Morgan fingerprint density at radius 2 is 2.16 bits per heavy atom. The molecule has 1 saturated carbocycles. The van der Waals surface area contributed by atoms with Crippen molar-refractivity contribution in [3.8, 4) is 0 Å². The van der Waals surface area contributed by atoms with Gasteiger partial charge in [0.1, 0.15) is 0 Å². The van der Waals surface area contributed by atoms with Crippen molar-refractivity contribution in [1.82, 2.24) is 10.2 Å². The van der Waals surface area contributed by atoms with Crippen molar-refractivity contribution >= 4 is 33.8 Å². The lowest BCUT2D eigenvalue weighted by Gasteiger charge is -2.24. The highest BCUT2D eigenvalue weighted by Gasteiger charge is 2.30. The van der Waals surface area contributed by atoms with Crippen LogP contribution in [0.3, 0.4) is 0 Å². The lowest BCUT2D eigenvalue weighted by molar-refractivity contribution is 0.777. The van der Waals surface area contributed by atoms with Gasteiger partial charge < -0.3 is 10.6 Å². The predicted molar refractivity (Wildman–Crippen MR) is 81.3 cm³/mol. The lowest BCUT2D eigenvalue weighted by atomic mass is 10.2. The summed E-state index contributed by atoms with van der Waals surface area (Å²) in [6.45, 7) is 0.822. The van der Waals surface area contributed by atoms with E-state index in [2.05, 4.69) is 27.2 Å². The third kappa shape index (κ3) is 2.66. The normalized spacial score (nSPS) is 14.5. The Balaban J connectivity index is 1.97. The number of anilines is 1. The first-order valence-corrected chi connectivity index (χ1v) is 6.92. The Morgan fingerprint density at radius 3 is 2.89 bits per heavy atom. The van der Waals surface area contributed by atoms with Crippen molar-refractivity contribution in [2.45, 2.75) is 25.3 Å². The van der Waals surface area contributed by atoms with Gasteiger partial charge in [0.25, 0.3) is 0 Å². The van der Waals surface area contributed by atoms with E-state index in [4.69, 9.17) is 18.0 Å². The first kappa shape index (κ1) is 12.3. The molecule has 2 N–H and O–H groups in total. The molecule has 3 rings (SSSR count). The van der Waals surface area contributed by atoms with Gasteiger partial charge in [-0.25, -0.2) is 0 Å². The summed E-state index contributed by atoms with van der Waals surface area (Å²) in [5, 5.41) is 10.7. The van der Waals surface area contributed by atoms with Gasteiger partial charge in [0.15, 0.2) is 5.82 Å². The van der Waals surface area contributed by atoms with Crippen molar-refractivity contribution in [3.63, 3.8) is 0 Å². The predicted octanol–water partition coefficient (Wildman–Crippen LogP) is 2.27. The smallest absolute Gasteiger partial charge is 0.159 e. The molecule has 98 valence electrons. The zero-order valence-electron chi connectivity index (χ0n) is 10.6. The number of nitrogens with two attached hydrogens (primary N) is 1. The average Bonchev–Trinajstić information content (AvgIpc) is 3.23. The fourth-order valence-electron chi connectivity index (χ4n) is 2.30. The van der Waals surface area contributed by atoms with Crippen molar-refractivity contribution < 1.29 is 0 Å². The van der Waals surface area contributed by atoms with Gasteiger partial charge in [-0.05, 0) is 12.8 Å². The molecule has 1 aliphatic carbocycles. The molecule has 0 aliphatic heterocycles. The Hall–Kier alpha value is -1.75. The molecular weight excluding hydrogens is 256 g/mol. The summed E-state index contributed by atoms with van der Waals surface area (Å²) < 4.78 is 0. The van der Waals surface area contributed by atoms with E-state index >= 15 is 0 Å². The maximum absolute atomic E-state index is 5.62. The Bertz CT molecular complexity index is 604. The standard InChI is InChI=1S/C14H16N4S/c15-13(19)7-8-18(11-5-6-11)14-12-4-2-1-3-10(12)9-16-17-14/h1-4,9,11H,5-8H2,(H2,15,19). The summed E-state index contributed by atoms with van der Waals surface area (Å²) in [7, 11) is 0. The van der Waals surface area contributed by atoms with E-state index in [1.807, 2.05) is 12.1 Å². The van der Waals surface area contributed by atoms with Crippen molar-refractivity contribution in [2.24, 2.45) is 5.73 Å². The Kier molecular flexibility index (Phi) is 3.29. The van der Waals surface area contributed by atoms with Crippen LogP contribution in [0.2, 0.25) is 0 Å². The summed E-state index contributed by atoms with van der Waals surface area (Å²) in [6, 6.07) is 8.77. The first-order valence-electron chi connectivity index (χ1n) is 6.51. The SMILES string of the molecule is NC(=S)CCN(c1nncc2ccccc12)C1CC1. The van der Waals surface area contributed by atoms with E-state index in [0.717, 1.165) is 29.6 Å². The number of fused-ring (bicyclic) bond motifs is 1. The molecule has 1 aromatic heterocycles. The van der Waals surface area contributed by atoms with Crippen molar-refractivity contribution in [1.29, 1.82) is 0 Å². The maximum Gasteiger partial charge on any atom is 0.159 e. The monoisotopic (exact) mass is 272 g/mol. The summed E-state index contributed by atoms with van der Waals surface area (Å²) in [5.41, 5.74) is 5.62. The number of thiocarbonyl (C=S) groups is 1. The van der Waals surface area contributed by atoms with Crippen LogP contribution in [0, 0.1) is 0 Å². The zero-order chi connectivity index (χ0) is 13.2. The second kappa shape index (κ2) is 5.09. The molecule has 1 aliphatic rings. The number of hydrogen-bond donors (Lipinski definition) is 1. The summed E-state index contributed by atoms with van der Waals surface area (Å²) >= 11 is 4.98. The van der Waals surface area contributed by atoms with Gasteiger partial charge in [0.05, 0.1) is 11.2 Å². The number of aromatic nitrogens is 2. The van der Waals surface area contributed by atoms with E-state index in [1.165, 1.54) is 12.8 Å². The van der Waals surface area contributed by atoms with E-state index in [9.17, 15) is 0 Å². The summed E-state index contributed by atoms with van der Waals surface area (Å²) in [5.74, 6) is 0.955. The number of hydrogen-bond acceptors (Lipinski definition) is 4. The third-order valence-corrected chi connectivity index (χ3v) is 3.61. The van der Waals surface area contributed by atoms with Gasteiger partial charge in [0, 0.05) is 29.8 Å². The molecule has 2 aromatic rings. The van der Waals surface area contributed by atoms with Crippen LogP contribution in [0.5, 0.6) is 0 Å². The molecule has 1 heterocycles. The van der Waals surface area contributed by atoms with E-state index in [-0.39, 0.29) is 0 Å². The van der Waals surface area contributed by atoms with Gasteiger partial charge >= 0.3 is 0 Å². The van der Waals surface area contributed by atoms with Crippen molar-refractivity contribution in [3.05, 3.63) is 30.5 Å². The highest BCUT2D eigenvalue weighted by atomic mass is 32.1. The minimum Gasteiger partial charge on any atom is -0.393 e.